The molecular formula is C16H29ClN2O2. The van der Waals surface area contributed by atoms with Gasteiger partial charge in [-0.05, 0) is 44.1 Å². The van der Waals surface area contributed by atoms with E-state index in [1.807, 2.05) is 0 Å². The molecule has 122 valence electrons. The summed E-state index contributed by atoms with van der Waals surface area (Å²) in [5.74, 6) is 1.55. The molecule has 2 aliphatic heterocycles. The first kappa shape index (κ1) is 17.0. The molecule has 3 fully saturated rings. The summed E-state index contributed by atoms with van der Waals surface area (Å²) in [6, 6.07) is 0. The van der Waals surface area contributed by atoms with Crippen molar-refractivity contribution in [1.82, 2.24) is 10.2 Å². The van der Waals surface area contributed by atoms with Gasteiger partial charge in [0.2, 0.25) is 5.91 Å². The van der Waals surface area contributed by atoms with Gasteiger partial charge in [-0.3, -0.25) is 4.79 Å². The Kier molecular flexibility index (Phi) is 5.92. The van der Waals surface area contributed by atoms with Gasteiger partial charge in [0.1, 0.15) is 0 Å². The molecule has 0 bridgehead atoms. The maximum absolute atomic E-state index is 13.2. The van der Waals surface area contributed by atoms with Gasteiger partial charge in [-0.15, -0.1) is 12.4 Å². The standard InChI is InChI=1S/C16H28N2O2.ClH/c1-20-11-13-5-4-8-18(10-13)15(19)16-7-3-2-6-14(16)9-17-12-16;/h13-14,17H,2-12H2,1H3;1H/t13?,14-,16+;/m0./s1. The van der Waals surface area contributed by atoms with Gasteiger partial charge in [0, 0.05) is 26.7 Å². The van der Waals surface area contributed by atoms with E-state index in [1.54, 1.807) is 7.11 Å². The lowest BCUT2D eigenvalue weighted by atomic mass is 9.67. The summed E-state index contributed by atoms with van der Waals surface area (Å²) in [4.78, 5) is 15.3. The Balaban J connectivity index is 0.00000161. The molecule has 3 rings (SSSR count). The van der Waals surface area contributed by atoms with Gasteiger partial charge < -0.3 is 15.0 Å². The maximum Gasteiger partial charge on any atom is 0.230 e. The van der Waals surface area contributed by atoms with Gasteiger partial charge in [0.15, 0.2) is 0 Å². The number of piperidine rings is 1. The molecule has 5 heteroatoms. The molecule has 3 atom stereocenters. The van der Waals surface area contributed by atoms with Crippen LogP contribution >= 0.6 is 12.4 Å². The zero-order valence-corrected chi connectivity index (χ0v) is 13.9. The van der Waals surface area contributed by atoms with Gasteiger partial charge >= 0.3 is 0 Å². The summed E-state index contributed by atoms with van der Waals surface area (Å²) in [5.41, 5.74) is -0.0762. The molecule has 4 nitrogen and oxygen atoms in total. The predicted molar refractivity (Wildman–Crippen MR) is 85.7 cm³/mol. The van der Waals surface area contributed by atoms with Crippen LogP contribution < -0.4 is 5.32 Å². The molecule has 2 heterocycles. The smallest absolute Gasteiger partial charge is 0.230 e. The highest BCUT2D eigenvalue weighted by atomic mass is 35.5. The Labute approximate surface area is 134 Å². The number of carbonyl (C=O) groups is 1. The second-order valence-electron chi connectivity index (χ2n) is 6.94. The van der Waals surface area contributed by atoms with Crippen LogP contribution in [0.25, 0.3) is 0 Å². The second-order valence-corrected chi connectivity index (χ2v) is 6.94. The Bertz CT molecular complexity index is 364. The van der Waals surface area contributed by atoms with E-state index in [9.17, 15) is 4.79 Å². The Morgan fingerprint density at radius 1 is 1.33 bits per heavy atom. The molecule has 0 aromatic carbocycles. The average molecular weight is 317 g/mol. The zero-order valence-electron chi connectivity index (χ0n) is 13.1. The fourth-order valence-corrected chi connectivity index (χ4v) is 4.60. The molecule has 0 aromatic heterocycles. The van der Waals surface area contributed by atoms with E-state index in [4.69, 9.17) is 4.74 Å². The van der Waals surface area contributed by atoms with Crippen molar-refractivity contribution in [3.05, 3.63) is 0 Å². The number of nitrogens with one attached hydrogen (secondary N) is 1. The number of halogens is 1. The van der Waals surface area contributed by atoms with E-state index in [0.717, 1.165) is 45.6 Å². The van der Waals surface area contributed by atoms with Crippen LogP contribution in [0.1, 0.15) is 38.5 Å². The Hall–Kier alpha value is -0.320. The molecule has 0 spiro atoms. The van der Waals surface area contributed by atoms with E-state index in [-0.39, 0.29) is 17.8 Å². The first-order valence-corrected chi connectivity index (χ1v) is 8.25. The number of amides is 1. The van der Waals surface area contributed by atoms with E-state index < -0.39 is 0 Å². The molecule has 1 aliphatic carbocycles. The van der Waals surface area contributed by atoms with Crippen molar-refractivity contribution in [3.63, 3.8) is 0 Å². The van der Waals surface area contributed by atoms with Gasteiger partial charge in [-0.1, -0.05) is 12.8 Å². The number of methoxy groups -OCH3 is 1. The molecule has 3 aliphatic rings. The number of likely N-dealkylation sites (tertiary alicyclic amines) is 1. The number of rotatable bonds is 3. The highest BCUT2D eigenvalue weighted by Gasteiger charge is 2.51. The van der Waals surface area contributed by atoms with Crippen LogP contribution in [-0.2, 0) is 9.53 Å². The minimum absolute atomic E-state index is 0. The van der Waals surface area contributed by atoms with Crippen molar-refractivity contribution in [2.24, 2.45) is 17.3 Å². The fourth-order valence-electron chi connectivity index (χ4n) is 4.60. The minimum Gasteiger partial charge on any atom is -0.384 e. The molecule has 21 heavy (non-hydrogen) atoms. The number of hydrogen-bond acceptors (Lipinski definition) is 3. The fraction of sp³-hybridized carbons (Fsp3) is 0.938. The van der Waals surface area contributed by atoms with Crippen LogP contribution in [0.5, 0.6) is 0 Å². The lowest BCUT2D eigenvalue weighted by Gasteiger charge is -2.43. The summed E-state index contributed by atoms with van der Waals surface area (Å²) >= 11 is 0. The Morgan fingerprint density at radius 2 is 2.19 bits per heavy atom. The van der Waals surface area contributed by atoms with Crippen molar-refractivity contribution >= 4 is 18.3 Å². The van der Waals surface area contributed by atoms with Crippen molar-refractivity contribution < 1.29 is 9.53 Å². The number of carbonyl (C=O) groups excluding carboxylic acids is 1. The molecule has 1 unspecified atom stereocenters. The van der Waals surface area contributed by atoms with Crippen LogP contribution in [0, 0.1) is 17.3 Å². The van der Waals surface area contributed by atoms with E-state index in [0.29, 0.717) is 17.7 Å². The molecule has 1 saturated carbocycles. The largest absolute Gasteiger partial charge is 0.384 e. The summed E-state index contributed by atoms with van der Waals surface area (Å²) in [6.45, 7) is 4.59. The van der Waals surface area contributed by atoms with Crippen LogP contribution in [0.4, 0.5) is 0 Å². The predicted octanol–water partition coefficient (Wildman–Crippen LogP) is 2.07. The molecular weight excluding hydrogens is 288 g/mol. The molecule has 0 aromatic rings. The van der Waals surface area contributed by atoms with E-state index in [2.05, 4.69) is 10.2 Å². The van der Waals surface area contributed by atoms with Crippen molar-refractivity contribution in [2.75, 3.05) is 39.9 Å². The molecule has 2 saturated heterocycles. The van der Waals surface area contributed by atoms with Gasteiger partial charge in [-0.2, -0.15) is 0 Å². The van der Waals surface area contributed by atoms with Crippen LogP contribution in [-0.4, -0.2) is 50.7 Å². The number of hydrogen-bond donors (Lipinski definition) is 1. The summed E-state index contributed by atoms with van der Waals surface area (Å²) in [7, 11) is 1.76. The minimum atomic E-state index is -0.0762. The van der Waals surface area contributed by atoms with Crippen LogP contribution in [0.2, 0.25) is 0 Å². The Morgan fingerprint density at radius 3 is 3.00 bits per heavy atom. The van der Waals surface area contributed by atoms with Crippen molar-refractivity contribution in [2.45, 2.75) is 38.5 Å². The summed E-state index contributed by atoms with van der Waals surface area (Å²) < 4.78 is 5.29. The topological polar surface area (TPSA) is 41.6 Å². The third-order valence-electron chi connectivity index (χ3n) is 5.67. The first-order valence-electron chi connectivity index (χ1n) is 8.25. The highest BCUT2D eigenvalue weighted by molar-refractivity contribution is 5.85. The lowest BCUT2D eigenvalue weighted by Crippen LogP contribution is -2.52. The van der Waals surface area contributed by atoms with Crippen molar-refractivity contribution in [3.8, 4) is 0 Å². The van der Waals surface area contributed by atoms with Crippen molar-refractivity contribution in [1.29, 1.82) is 0 Å². The van der Waals surface area contributed by atoms with Gasteiger partial charge in [0.25, 0.3) is 0 Å². The van der Waals surface area contributed by atoms with Crippen LogP contribution in [0.15, 0.2) is 0 Å². The zero-order chi connectivity index (χ0) is 14.0. The summed E-state index contributed by atoms with van der Waals surface area (Å²) in [6.07, 6.45) is 7.18. The van der Waals surface area contributed by atoms with Gasteiger partial charge in [0.05, 0.1) is 12.0 Å². The average Bonchev–Trinajstić information content (AvgIpc) is 2.92. The second kappa shape index (κ2) is 7.30. The molecule has 1 N–H and O–H groups in total. The number of fused-ring (bicyclic) bond motifs is 1. The van der Waals surface area contributed by atoms with Crippen LogP contribution in [0.3, 0.4) is 0 Å². The normalized spacial score (nSPS) is 36.0. The summed E-state index contributed by atoms with van der Waals surface area (Å²) in [5, 5.41) is 3.49. The van der Waals surface area contributed by atoms with E-state index in [1.165, 1.54) is 25.7 Å². The third kappa shape index (κ3) is 3.22. The molecule has 0 radical (unpaired) electrons. The third-order valence-corrected chi connectivity index (χ3v) is 5.67. The quantitative estimate of drug-likeness (QED) is 0.866. The highest BCUT2D eigenvalue weighted by Crippen LogP contribution is 2.45. The monoisotopic (exact) mass is 316 g/mol. The SMILES string of the molecule is COCC1CCCN(C(=O)[C@@]23CCCC[C@H]2CNC3)C1.Cl. The van der Waals surface area contributed by atoms with Gasteiger partial charge in [-0.25, -0.2) is 0 Å². The number of nitrogens with zero attached hydrogens (tertiary/aromatic N) is 1. The number of ether oxygens (including phenoxy) is 1. The molecule has 1 amide bonds. The lowest BCUT2D eigenvalue weighted by molar-refractivity contribution is -0.147. The maximum atomic E-state index is 13.2. The first-order chi connectivity index (χ1) is 9.76. The van der Waals surface area contributed by atoms with E-state index >= 15 is 0 Å².